The second-order valence-electron chi connectivity index (χ2n) is 10.3. The summed E-state index contributed by atoms with van der Waals surface area (Å²) < 4.78 is 1.89. The first-order valence-corrected chi connectivity index (χ1v) is 13.0. The summed E-state index contributed by atoms with van der Waals surface area (Å²) in [5.41, 5.74) is 1.11. The molecule has 3 aliphatic heterocycles. The highest BCUT2D eigenvalue weighted by Gasteiger charge is 2.30. The molecule has 2 saturated heterocycles. The molecule has 0 bridgehead atoms. The zero-order valence-corrected chi connectivity index (χ0v) is 19.5. The topological polar surface area (TPSA) is 61.7 Å². The van der Waals surface area contributed by atoms with Crippen LogP contribution in [-0.2, 0) is 17.8 Å². The minimum atomic E-state index is 0.126. The van der Waals surface area contributed by atoms with Gasteiger partial charge in [-0.1, -0.05) is 19.3 Å². The first-order valence-electron chi connectivity index (χ1n) is 13.0. The van der Waals surface area contributed by atoms with Gasteiger partial charge in [0.1, 0.15) is 5.82 Å². The van der Waals surface area contributed by atoms with E-state index in [-0.39, 0.29) is 11.5 Å². The number of piperazine rings is 1. The summed E-state index contributed by atoms with van der Waals surface area (Å²) in [5, 5.41) is 0. The molecule has 176 valence electrons. The van der Waals surface area contributed by atoms with Gasteiger partial charge in [-0.2, -0.15) is 0 Å². The number of likely N-dealkylation sites (tertiary alicyclic amines) is 1. The van der Waals surface area contributed by atoms with Gasteiger partial charge in [-0.05, 0) is 51.6 Å². The van der Waals surface area contributed by atoms with E-state index in [1.165, 1.54) is 32.1 Å². The maximum atomic E-state index is 12.9. The zero-order chi connectivity index (χ0) is 21.9. The maximum Gasteiger partial charge on any atom is 0.253 e. The van der Waals surface area contributed by atoms with Crippen LogP contribution in [0.5, 0.6) is 0 Å². The Balaban J connectivity index is 1.11. The smallest absolute Gasteiger partial charge is 0.253 e. The Kier molecular flexibility index (Phi) is 6.93. The second-order valence-corrected chi connectivity index (χ2v) is 10.3. The predicted molar refractivity (Wildman–Crippen MR) is 125 cm³/mol. The van der Waals surface area contributed by atoms with E-state index in [4.69, 9.17) is 4.98 Å². The Labute approximate surface area is 191 Å². The number of hydrogen-bond acceptors (Lipinski definition) is 5. The lowest BCUT2D eigenvalue weighted by Crippen LogP contribution is -2.53. The standard InChI is InChI=1S/C25H39N5O2/c31-24-18-22(26-23-8-2-1-5-11-30(23)24)20-9-12-27(13-10-20)19-25(32)29-16-14-28(15-17-29)21-6-3-4-7-21/h18,20-21H,1-17,19H2. The number of amides is 1. The SMILES string of the molecule is O=C(CN1CCC(c2cc(=O)n3c(n2)CCCCC3)CC1)N1CCN(C2CCCC2)CC1. The number of aryl methyl sites for hydroxylation is 1. The van der Waals surface area contributed by atoms with Crippen molar-refractivity contribution in [1.29, 1.82) is 0 Å². The third-order valence-corrected chi connectivity index (χ3v) is 8.26. The fraction of sp³-hybridized carbons (Fsp3) is 0.800. The Hall–Kier alpha value is -1.73. The van der Waals surface area contributed by atoms with E-state index in [0.717, 1.165) is 95.5 Å². The molecule has 0 spiro atoms. The van der Waals surface area contributed by atoms with Crippen LogP contribution in [0.25, 0.3) is 0 Å². The Morgan fingerprint density at radius 1 is 0.875 bits per heavy atom. The highest BCUT2D eigenvalue weighted by Crippen LogP contribution is 2.27. The predicted octanol–water partition coefficient (Wildman–Crippen LogP) is 2.24. The number of fused-ring (bicyclic) bond motifs is 1. The van der Waals surface area contributed by atoms with E-state index < -0.39 is 0 Å². The van der Waals surface area contributed by atoms with Gasteiger partial charge in [0, 0.05) is 57.2 Å². The monoisotopic (exact) mass is 441 g/mol. The average molecular weight is 442 g/mol. The summed E-state index contributed by atoms with van der Waals surface area (Å²) in [6, 6.07) is 2.55. The van der Waals surface area contributed by atoms with Gasteiger partial charge in [0.25, 0.3) is 5.56 Å². The highest BCUT2D eigenvalue weighted by molar-refractivity contribution is 5.78. The van der Waals surface area contributed by atoms with E-state index in [2.05, 4.69) is 14.7 Å². The zero-order valence-electron chi connectivity index (χ0n) is 19.5. The Morgan fingerprint density at radius 2 is 1.62 bits per heavy atom. The summed E-state index contributed by atoms with van der Waals surface area (Å²) in [7, 11) is 0. The van der Waals surface area contributed by atoms with Crippen molar-refractivity contribution >= 4 is 5.91 Å². The minimum Gasteiger partial charge on any atom is -0.339 e. The molecule has 7 nitrogen and oxygen atoms in total. The molecule has 32 heavy (non-hydrogen) atoms. The molecule has 7 heteroatoms. The van der Waals surface area contributed by atoms with E-state index >= 15 is 0 Å². The number of carbonyl (C=O) groups excluding carboxylic acids is 1. The van der Waals surface area contributed by atoms with E-state index in [0.29, 0.717) is 12.5 Å². The van der Waals surface area contributed by atoms with Gasteiger partial charge in [0.15, 0.2) is 0 Å². The Morgan fingerprint density at radius 3 is 2.38 bits per heavy atom. The summed E-state index contributed by atoms with van der Waals surface area (Å²) >= 11 is 0. The fourth-order valence-corrected chi connectivity index (χ4v) is 6.23. The van der Waals surface area contributed by atoms with Crippen molar-refractivity contribution in [1.82, 2.24) is 24.3 Å². The molecule has 1 aromatic rings. The first kappa shape index (κ1) is 22.1. The molecule has 1 aliphatic carbocycles. The minimum absolute atomic E-state index is 0.126. The molecule has 1 saturated carbocycles. The van der Waals surface area contributed by atoms with Crippen molar-refractivity contribution in [2.24, 2.45) is 0 Å². The number of nitrogens with zero attached hydrogens (tertiary/aromatic N) is 5. The molecule has 3 fully saturated rings. The molecule has 1 amide bonds. The van der Waals surface area contributed by atoms with Gasteiger partial charge in [-0.15, -0.1) is 0 Å². The van der Waals surface area contributed by atoms with Crippen LogP contribution in [-0.4, -0.2) is 82.0 Å². The number of aromatic nitrogens is 2. The summed E-state index contributed by atoms with van der Waals surface area (Å²) in [4.78, 5) is 37.4. The molecule has 5 rings (SSSR count). The van der Waals surface area contributed by atoms with Crippen molar-refractivity contribution in [3.63, 3.8) is 0 Å². The lowest BCUT2D eigenvalue weighted by Gasteiger charge is -2.39. The molecule has 1 aromatic heterocycles. The van der Waals surface area contributed by atoms with Crippen LogP contribution in [0.1, 0.15) is 75.2 Å². The van der Waals surface area contributed by atoms with Crippen molar-refractivity contribution in [2.75, 3.05) is 45.8 Å². The van der Waals surface area contributed by atoms with Crippen molar-refractivity contribution in [2.45, 2.75) is 82.7 Å². The van der Waals surface area contributed by atoms with Gasteiger partial charge in [-0.25, -0.2) is 4.98 Å². The largest absolute Gasteiger partial charge is 0.339 e. The molecule has 0 aromatic carbocycles. The van der Waals surface area contributed by atoms with Crippen LogP contribution in [0.3, 0.4) is 0 Å². The summed E-state index contributed by atoms with van der Waals surface area (Å²) in [6.07, 6.45) is 11.7. The molecule has 0 radical (unpaired) electrons. The molecular weight excluding hydrogens is 402 g/mol. The average Bonchev–Trinajstić information content (AvgIpc) is 3.25. The van der Waals surface area contributed by atoms with Gasteiger partial charge in [-0.3, -0.25) is 24.0 Å². The van der Waals surface area contributed by atoms with Gasteiger partial charge in [0.2, 0.25) is 5.91 Å². The number of piperidine rings is 1. The molecular formula is C25H39N5O2. The number of carbonyl (C=O) groups is 1. The lowest BCUT2D eigenvalue weighted by atomic mass is 9.93. The molecule has 4 heterocycles. The lowest BCUT2D eigenvalue weighted by molar-refractivity contribution is -0.134. The van der Waals surface area contributed by atoms with Gasteiger partial charge in [0.05, 0.1) is 12.2 Å². The van der Waals surface area contributed by atoms with E-state index in [9.17, 15) is 9.59 Å². The fourth-order valence-electron chi connectivity index (χ4n) is 6.23. The number of hydrogen-bond donors (Lipinski definition) is 0. The van der Waals surface area contributed by atoms with Crippen molar-refractivity contribution < 1.29 is 4.79 Å². The van der Waals surface area contributed by atoms with Crippen LogP contribution in [0.15, 0.2) is 10.9 Å². The first-order chi connectivity index (χ1) is 15.7. The van der Waals surface area contributed by atoms with Crippen LogP contribution >= 0.6 is 0 Å². The van der Waals surface area contributed by atoms with E-state index in [1.54, 1.807) is 6.07 Å². The Bertz CT molecular complexity index is 846. The third-order valence-electron chi connectivity index (χ3n) is 8.26. The van der Waals surface area contributed by atoms with Crippen LogP contribution in [0.4, 0.5) is 0 Å². The maximum absolute atomic E-state index is 12.9. The van der Waals surface area contributed by atoms with Crippen molar-refractivity contribution in [3.05, 3.63) is 27.9 Å². The summed E-state index contributed by atoms with van der Waals surface area (Å²) in [5.74, 6) is 1.62. The van der Waals surface area contributed by atoms with Crippen LogP contribution in [0, 0.1) is 0 Å². The molecule has 4 aliphatic rings. The second kappa shape index (κ2) is 10.0. The summed E-state index contributed by atoms with van der Waals surface area (Å²) in [6.45, 7) is 7.03. The van der Waals surface area contributed by atoms with Crippen LogP contribution in [0.2, 0.25) is 0 Å². The number of rotatable bonds is 4. The third kappa shape index (κ3) is 4.93. The van der Waals surface area contributed by atoms with Gasteiger partial charge >= 0.3 is 0 Å². The highest BCUT2D eigenvalue weighted by atomic mass is 16.2. The molecule has 0 N–H and O–H groups in total. The van der Waals surface area contributed by atoms with Crippen molar-refractivity contribution in [3.8, 4) is 0 Å². The molecule has 0 unspecified atom stereocenters. The van der Waals surface area contributed by atoms with Gasteiger partial charge < -0.3 is 4.90 Å². The van der Waals surface area contributed by atoms with Crippen LogP contribution < -0.4 is 5.56 Å². The quantitative estimate of drug-likeness (QED) is 0.717. The molecule has 0 atom stereocenters. The normalized spacial score (nSPS) is 24.4. The van der Waals surface area contributed by atoms with E-state index in [1.807, 2.05) is 4.57 Å².